The van der Waals surface area contributed by atoms with Crippen molar-refractivity contribution in [1.82, 2.24) is 19.8 Å². The topological polar surface area (TPSA) is 80.4 Å². The second-order valence-electron chi connectivity index (χ2n) is 5.72. The quantitative estimate of drug-likeness (QED) is 0.745. The summed E-state index contributed by atoms with van der Waals surface area (Å²) in [6.45, 7) is 5.71. The molecule has 0 aliphatic heterocycles. The van der Waals surface area contributed by atoms with E-state index in [2.05, 4.69) is 15.3 Å². The molecule has 0 atom stereocenters. The maximum atomic E-state index is 12.4. The summed E-state index contributed by atoms with van der Waals surface area (Å²) in [5.41, 5.74) is 0.272. The maximum absolute atomic E-state index is 12.4. The number of fused-ring (bicyclic) bond motifs is 1. The van der Waals surface area contributed by atoms with Gasteiger partial charge >= 0.3 is 0 Å². The van der Waals surface area contributed by atoms with Crippen LogP contribution in [0.15, 0.2) is 29.1 Å². The van der Waals surface area contributed by atoms with E-state index in [0.29, 0.717) is 21.2 Å². The number of aromatic nitrogens is 4. The molecular weight excluding hydrogens is 288 g/mol. The molecule has 3 aromatic rings. The van der Waals surface area contributed by atoms with Crippen LogP contribution in [0.4, 0.5) is 0 Å². The summed E-state index contributed by atoms with van der Waals surface area (Å²) in [6, 6.07) is 6.86. The predicted molar refractivity (Wildman–Crippen MR) is 80.7 cm³/mol. The summed E-state index contributed by atoms with van der Waals surface area (Å²) >= 11 is 1.22. The first-order chi connectivity index (χ1) is 9.88. The van der Waals surface area contributed by atoms with Crippen LogP contribution in [0, 0.1) is 0 Å². The molecular formula is C14H14N4O2S. The van der Waals surface area contributed by atoms with Gasteiger partial charge in [-0.05, 0) is 12.1 Å². The third-order valence-corrected chi connectivity index (χ3v) is 3.97. The first kappa shape index (κ1) is 13.7. The highest BCUT2D eigenvalue weighted by Crippen LogP contribution is 2.31. The van der Waals surface area contributed by atoms with Crippen molar-refractivity contribution in [2.75, 3.05) is 0 Å². The van der Waals surface area contributed by atoms with Crippen LogP contribution in [-0.2, 0) is 5.41 Å². The average molecular weight is 302 g/mol. The summed E-state index contributed by atoms with van der Waals surface area (Å²) < 4.78 is 1.25. The van der Waals surface area contributed by atoms with Gasteiger partial charge in [0.15, 0.2) is 5.01 Å². The third-order valence-electron chi connectivity index (χ3n) is 3.04. The van der Waals surface area contributed by atoms with E-state index in [1.807, 2.05) is 20.8 Å². The second kappa shape index (κ2) is 4.63. The standard InChI is InChI=1S/C14H14N4O2S/c1-14(2,3)10-12(20)18-13(16-15-10)21-11(17-18)8-6-4-5-7-9(8)19/h4-7,19H,1-3H3. The number of aromatic hydroxyl groups is 1. The minimum atomic E-state index is -0.399. The molecule has 2 heterocycles. The normalized spacial score (nSPS) is 12.0. The molecule has 3 rings (SSSR count). The first-order valence-corrected chi connectivity index (χ1v) is 7.25. The third kappa shape index (κ3) is 2.29. The fourth-order valence-electron chi connectivity index (χ4n) is 1.95. The van der Waals surface area contributed by atoms with Crippen LogP contribution in [0.25, 0.3) is 15.5 Å². The van der Waals surface area contributed by atoms with E-state index in [-0.39, 0.29) is 11.3 Å². The molecule has 0 fully saturated rings. The Balaban J connectivity index is 2.25. The van der Waals surface area contributed by atoms with Crippen LogP contribution >= 0.6 is 11.3 Å². The zero-order valence-electron chi connectivity index (χ0n) is 11.9. The number of rotatable bonds is 1. The number of phenolic OH excluding ortho intramolecular Hbond substituents is 1. The van der Waals surface area contributed by atoms with Crippen molar-refractivity contribution in [3.8, 4) is 16.3 Å². The number of para-hydroxylation sites is 1. The lowest BCUT2D eigenvalue weighted by Crippen LogP contribution is -2.30. The Morgan fingerprint density at radius 1 is 1.19 bits per heavy atom. The lowest BCUT2D eigenvalue weighted by molar-refractivity contribution is 0.477. The van der Waals surface area contributed by atoms with Crippen molar-refractivity contribution in [2.45, 2.75) is 26.2 Å². The Labute approximate surface area is 124 Å². The fourth-order valence-corrected chi connectivity index (χ4v) is 2.82. The van der Waals surface area contributed by atoms with E-state index in [0.717, 1.165) is 0 Å². The van der Waals surface area contributed by atoms with Gasteiger partial charge in [-0.1, -0.05) is 44.2 Å². The van der Waals surface area contributed by atoms with Gasteiger partial charge in [0, 0.05) is 5.41 Å². The number of nitrogens with zero attached hydrogens (tertiary/aromatic N) is 4. The second-order valence-corrected chi connectivity index (χ2v) is 6.68. The van der Waals surface area contributed by atoms with Crippen LogP contribution in [0.1, 0.15) is 26.5 Å². The molecule has 0 saturated carbocycles. The van der Waals surface area contributed by atoms with E-state index in [1.165, 1.54) is 15.9 Å². The summed E-state index contributed by atoms with van der Waals surface area (Å²) in [4.78, 5) is 12.9. The Hall–Kier alpha value is -2.28. The van der Waals surface area contributed by atoms with Gasteiger partial charge in [-0.25, -0.2) is 0 Å². The molecule has 0 bridgehead atoms. The van der Waals surface area contributed by atoms with E-state index in [9.17, 15) is 9.90 Å². The minimum Gasteiger partial charge on any atom is -0.507 e. The minimum absolute atomic E-state index is 0.119. The van der Waals surface area contributed by atoms with Gasteiger partial charge in [0.25, 0.3) is 5.56 Å². The van der Waals surface area contributed by atoms with Crippen molar-refractivity contribution in [2.24, 2.45) is 0 Å². The van der Waals surface area contributed by atoms with Crippen molar-refractivity contribution in [3.05, 3.63) is 40.3 Å². The molecule has 0 aliphatic rings. The molecule has 6 nitrogen and oxygen atoms in total. The monoisotopic (exact) mass is 302 g/mol. The van der Waals surface area contributed by atoms with Gasteiger partial charge in [-0.3, -0.25) is 4.79 Å². The molecule has 0 saturated heterocycles. The summed E-state index contributed by atoms with van der Waals surface area (Å²) in [5, 5.41) is 22.8. The molecule has 108 valence electrons. The molecule has 0 amide bonds. The number of hydrogen-bond donors (Lipinski definition) is 1. The number of hydrogen-bond acceptors (Lipinski definition) is 6. The van der Waals surface area contributed by atoms with Crippen LogP contribution in [0.5, 0.6) is 5.75 Å². The summed E-state index contributed by atoms with van der Waals surface area (Å²) in [6.07, 6.45) is 0. The van der Waals surface area contributed by atoms with E-state index < -0.39 is 5.41 Å². The van der Waals surface area contributed by atoms with Gasteiger partial charge in [-0.2, -0.15) is 9.61 Å². The van der Waals surface area contributed by atoms with Gasteiger partial charge < -0.3 is 5.11 Å². The highest BCUT2D eigenvalue weighted by molar-refractivity contribution is 7.19. The van der Waals surface area contributed by atoms with Gasteiger partial charge in [0.2, 0.25) is 4.96 Å². The zero-order valence-corrected chi connectivity index (χ0v) is 12.7. The molecule has 0 spiro atoms. The Morgan fingerprint density at radius 3 is 2.57 bits per heavy atom. The molecule has 0 unspecified atom stereocenters. The van der Waals surface area contributed by atoms with Gasteiger partial charge in [0.1, 0.15) is 11.4 Å². The Bertz CT molecular complexity index is 877. The fraction of sp³-hybridized carbons (Fsp3) is 0.286. The molecule has 21 heavy (non-hydrogen) atoms. The van der Waals surface area contributed by atoms with E-state index in [4.69, 9.17) is 0 Å². The smallest absolute Gasteiger partial charge is 0.297 e. The lowest BCUT2D eigenvalue weighted by atomic mass is 9.93. The first-order valence-electron chi connectivity index (χ1n) is 6.43. The highest BCUT2D eigenvalue weighted by Gasteiger charge is 2.23. The van der Waals surface area contributed by atoms with Crippen LogP contribution in [0.2, 0.25) is 0 Å². The lowest BCUT2D eigenvalue weighted by Gasteiger charge is -2.14. The average Bonchev–Trinajstić information content (AvgIpc) is 2.83. The zero-order chi connectivity index (χ0) is 15.2. The summed E-state index contributed by atoms with van der Waals surface area (Å²) in [5.74, 6) is 0.119. The van der Waals surface area contributed by atoms with Gasteiger partial charge in [0.05, 0.1) is 5.56 Å². The Morgan fingerprint density at radius 2 is 1.90 bits per heavy atom. The molecule has 0 aliphatic carbocycles. The van der Waals surface area contributed by atoms with Crippen molar-refractivity contribution >= 4 is 16.3 Å². The number of phenols is 1. The van der Waals surface area contributed by atoms with Crippen molar-refractivity contribution < 1.29 is 5.11 Å². The summed E-state index contributed by atoms with van der Waals surface area (Å²) in [7, 11) is 0. The SMILES string of the molecule is CC(C)(C)c1nnc2sc(-c3ccccc3O)nn2c1=O. The molecule has 1 aromatic carbocycles. The molecule has 1 N–H and O–H groups in total. The van der Waals surface area contributed by atoms with Crippen LogP contribution in [0.3, 0.4) is 0 Å². The molecule has 2 aromatic heterocycles. The van der Waals surface area contributed by atoms with Crippen LogP contribution in [-0.4, -0.2) is 24.9 Å². The predicted octanol–water partition coefficient (Wildman–Crippen LogP) is 2.22. The van der Waals surface area contributed by atoms with E-state index in [1.54, 1.807) is 24.3 Å². The largest absolute Gasteiger partial charge is 0.507 e. The molecule has 0 radical (unpaired) electrons. The van der Waals surface area contributed by atoms with Gasteiger partial charge in [-0.15, -0.1) is 10.2 Å². The number of benzene rings is 1. The van der Waals surface area contributed by atoms with Crippen LogP contribution < -0.4 is 5.56 Å². The molecule has 7 heteroatoms. The highest BCUT2D eigenvalue weighted by atomic mass is 32.1. The van der Waals surface area contributed by atoms with E-state index >= 15 is 0 Å². The maximum Gasteiger partial charge on any atom is 0.297 e. The van der Waals surface area contributed by atoms with Crippen molar-refractivity contribution in [1.29, 1.82) is 0 Å². The van der Waals surface area contributed by atoms with Crippen molar-refractivity contribution in [3.63, 3.8) is 0 Å². The Kier molecular flexibility index (Phi) is 3.02.